The van der Waals surface area contributed by atoms with Gasteiger partial charge < -0.3 is 10.6 Å². The number of thioether (sulfide) groups is 1. The fraction of sp³-hybridized carbons (Fsp3) is 0.364. The molecule has 3 nitrogen and oxygen atoms in total. The largest absolute Gasteiger partial charge is 0.378 e. The number of nitrogens with zero attached hydrogens (tertiary/aromatic N) is 2. The minimum atomic E-state index is 0. The van der Waals surface area contributed by atoms with Crippen molar-refractivity contribution < 1.29 is 0 Å². The van der Waals surface area contributed by atoms with E-state index in [9.17, 15) is 0 Å². The number of rotatable bonds is 3. The Hall–Kier alpha value is -0.430. The highest BCUT2D eigenvalue weighted by Crippen LogP contribution is 2.18. The topological polar surface area (TPSA) is 41.6 Å². The van der Waals surface area contributed by atoms with E-state index in [4.69, 9.17) is 5.73 Å². The van der Waals surface area contributed by atoms with Crippen LogP contribution in [-0.4, -0.2) is 25.0 Å². The fourth-order valence-electron chi connectivity index (χ4n) is 1.13. The van der Waals surface area contributed by atoms with Crippen LogP contribution >= 0.6 is 35.7 Å². The Bertz CT molecular complexity index is 336. The molecule has 0 fully saturated rings. The van der Waals surface area contributed by atoms with Crippen molar-refractivity contribution >= 4 is 52.3 Å². The van der Waals surface area contributed by atoms with E-state index in [2.05, 4.69) is 16.8 Å². The molecule has 0 amide bonds. The highest BCUT2D eigenvalue weighted by Gasteiger charge is 1.96. The second-order valence-corrected chi connectivity index (χ2v) is 4.58. The van der Waals surface area contributed by atoms with Crippen LogP contribution in [-0.2, 0) is 0 Å². The monoisotopic (exact) mass is 351 g/mol. The maximum Gasteiger partial charge on any atom is 0.159 e. The van der Waals surface area contributed by atoms with Gasteiger partial charge in [-0.1, -0.05) is 18.7 Å². The first kappa shape index (κ1) is 15.6. The van der Waals surface area contributed by atoms with Crippen LogP contribution in [0.1, 0.15) is 6.92 Å². The standard InChI is InChI=1S/C11H17N3S.HI/c1-4-15-11(12)13-9-5-7-10(8-6-9)14(2)3;/h5-8H,4H2,1-3H3,(H2,12,13);1H. The van der Waals surface area contributed by atoms with Gasteiger partial charge in [0.1, 0.15) is 0 Å². The summed E-state index contributed by atoms with van der Waals surface area (Å²) in [6, 6.07) is 8.00. The van der Waals surface area contributed by atoms with Crippen molar-refractivity contribution in [3.8, 4) is 0 Å². The average molecular weight is 351 g/mol. The molecule has 2 N–H and O–H groups in total. The lowest BCUT2D eigenvalue weighted by molar-refractivity contribution is 1.13. The van der Waals surface area contributed by atoms with E-state index in [0.717, 1.165) is 17.1 Å². The van der Waals surface area contributed by atoms with Gasteiger partial charge in [0, 0.05) is 19.8 Å². The van der Waals surface area contributed by atoms with E-state index in [0.29, 0.717) is 5.17 Å². The third-order valence-corrected chi connectivity index (χ3v) is 2.57. The first-order chi connectivity index (χ1) is 7.13. The van der Waals surface area contributed by atoms with Gasteiger partial charge in [0.05, 0.1) is 5.69 Å². The van der Waals surface area contributed by atoms with Crippen LogP contribution in [0.2, 0.25) is 0 Å². The van der Waals surface area contributed by atoms with Crippen molar-refractivity contribution in [3.63, 3.8) is 0 Å². The molecule has 0 aliphatic carbocycles. The lowest BCUT2D eigenvalue weighted by Gasteiger charge is -2.11. The van der Waals surface area contributed by atoms with Gasteiger partial charge in [0.25, 0.3) is 0 Å². The van der Waals surface area contributed by atoms with Crippen molar-refractivity contribution in [2.24, 2.45) is 10.7 Å². The number of benzene rings is 1. The van der Waals surface area contributed by atoms with Crippen molar-refractivity contribution in [1.29, 1.82) is 0 Å². The predicted octanol–water partition coefficient (Wildman–Crippen LogP) is 3.07. The summed E-state index contributed by atoms with van der Waals surface area (Å²) in [4.78, 5) is 6.34. The van der Waals surface area contributed by atoms with Gasteiger partial charge in [-0.05, 0) is 30.0 Å². The first-order valence-corrected chi connectivity index (χ1v) is 5.86. The van der Waals surface area contributed by atoms with Gasteiger partial charge in [-0.2, -0.15) is 0 Å². The number of hydrogen-bond donors (Lipinski definition) is 1. The summed E-state index contributed by atoms with van der Waals surface area (Å²) < 4.78 is 0. The Balaban J connectivity index is 0.00000225. The Morgan fingerprint density at radius 3 is 2.31 bits per heavy atom. The summed E-state index contributed by atoms with van der Waals surface area (Å²) in [7, 11) is 4.03. The van der Waals surface area contributed by atoms with E-state index in [1.165, 1.54) is 0 Å². The summed E-state index contributed by atoms with van der Waals surface area (Å²) in [5.74, 6) is 0.950. The number of amidine groups is 1. The fourth-order valence-corrected chi connectivity index (χ4v) is 1.60. The second-order valence-electron chi connectivity index (χ2n) is 3.29. The van der Waals surface area contributed by atoms with Crippen molar-refractivity contribution in [2.45, 2.75) is 6.92 Å². The van der Waals surface area contributed by atoms with Gasteiger partial charge in [-0.25, -0.2) is 4.99 Å². The molecular formula is C11H18IN3S. The summed E-state index contributed by atoms with van der Waals surface area (Å²) >= 11 is 1.55. The molecule has 0 atom stereocenters. The smallest absolute Gasteiger partial charge is 0.159 e. The van der Waals surface area contributed by atoms with Gasteiger partial charge in [-0.3, -0.25) is 0 Å². The molecule has 0 saturated carbocycles. The maximum absolute atomic E-state index is 5.72. The quantitative estimate of drug-likeness (QED) is 0.517. The minimum absolute atomic E-state index is 0. The number of nitrogens with two attached hydrogens (primary N) is 1. The predicted molar refractivity (Wildman–Crippen MR) is 85.6 cm³/mol. The third kappa shape index (κ3) is 5.07. The molecule has 1 rings (SSSR count). The Morgan fingerprint density at radius 1 is 1.31 bits per heavy atom. The van der Waals surface area contributed by atoms with Crippen LogP contribution in [0, 0.1) is 0 Å². The molecule has 5 heteroatoms. The summed E-state index contributed by atoms with van der Waals surface area (Å²) in [5.41, 5.74) is 7.78. The molecule has 1 aromatic rings. The van der Waals surface area contributed by atoms with Crippen LogP contribution in [0.15, 0.2) is 29.3 Å². The molecule has 0 saturated heterocycles. The van der Waals surface area contributed by atoms with Crippen molar-refractivity contribution in [3.05, 3.63) is 24.3 Å². The molecule has 0 aromatic heterocycles. The normalized spacial score (nSPS) is 10.8. The Morgan fingerprint density at radius 2 is 1.88 bits per heavy atom. The molecule has 16 heavy (non-hydrogen) atoms. The molecular weight excluding hydrogens is 333 g/mol. The molecule has 0 aliphatic rings. The van der Waals surface area contributed by atoms with E-state index >= 15 is 0 Å². The van der Waals surface area contributed by atoms with Crippen LogP contribution < -0.4 is 10.6 Å². The van der Waals surface area contributed by atoms with Gasteiger partial charge in [0.2, 0.25) is 0 Å². The first-order valence-electron chi connectivity index (χ1n) is 4.88. The third-order valence-electron chi connectivity index (χ3n) is 1.90. The van der Waals surface area contributed by atoms with Crippen LogP contribution in [0.5, 0.6) is 0 Å². The Labute approximate surface area is 119 Å². The zero-order chi connectivity index (χ0) is 11.3. The van der Waals surface area contributed by atoms with Gasteiger partial charge in [0.15, 0.2) is 5.17 Å². The molecule has 0 heterocycles. The number of hydrogen-bond acceptors (Lipinski definition) is 3. The zero-order valence-electron chi connectivity index (χ0n) is 9.80. The summed E-state index contributed by atoms with van der Waals surface area (Å²) in [6.45, 7) is 2.06. The van der Waals surface area contributed by atoms with Crippen LogP contribution in [0.25, 0.3) is 0 Å². The zero-order valence-corrected chi connectivity index (χ0v) is 13.0. The molecule has 0 unspecified atom stereocenters. The van der Waals surface area contributed by atoms with E-state index in [-0.39, 0.29) is 24.0 Å². The minimum Gasteiger partial charge on any atom is -0.378 e. The molecule has 0 spiro atoms. The van der Waals surface area contributed by atoms with Gasteiger partial charge >= 0.3 is 0 Å². The highest BCUT2D eigenvalue weighted by molar-refractivity contribution is 14.0. The second kappa shape index (κ2) is 7.78. The van der Waals surface area contributed by atoms with Gasteiger partial charge in [-0.15, -0.1) is 24.0 Å². The summed E-state index contributed by atoms with van der Waals surface area (Å²) in [5, 5.41) is 0.620. The molecule has 1 aromatic carbocycles. The van der Waals surface area contributed by atoms with E-state index in [1.807, 2.05) is 38.4 Å². The number of halogens is 1. The highest BCUT2D eigenvalue weighted by atomic mass is 127. The average Bonchev–Trinajstić information content (AvgIpc) is 2.18. The molecule has 0 aliphatic heterocycles. The molecule has 0 radical (unpaired) electrons. The summed E-state index contributed by atoms with van der Waals surface area (Å²) in [6.07, 6.45) is 0. The SMILES string of the molecule is CCSC(N)=Nc1ccc(N(C)C)cc1.I. The van der Waals surface area contributed by atoms with Crippen molar-refractivity contribution in [1.82, 2.24) is 0 Å². The van der Waals surface area contributed by atoms with Crippen LogP contribution in [0.3, 0.4) is 0 Å². The van der Waals surface area contributed by atoms with Crippen LogP contribution in [0.4, 0.5) is 11.4 Å². The van der Waals surface area contributed by atoms with E-state index in [1.54, 1.807) is 11.8 Å². The lowest BCUT2D eigenvalue weighted by atomic mass is 10.3. The number of anilines is 1. The van der Waals surface area contributed by atoms with E-state index < -0.39 is 0 Å². The maximum atomic E-state index is 5.72. The lowest BCUT2D eigenvalue weighted by Crippen LogP contribution is -2.08. The van der Waals surface area contributed by atoms with Crippen molar-refractivity contribution in [2.75, 3.05) is 24.7 Å². The Kier molecular flexibility index (Phi) is 7.57. The molecule has 90 valence electrons. The molecule has 0 bridgehead atoms. The number of aliphatic imine (C=N–C) groups is 1.